The maximum absolute atomic E-state index is 12.8. The van der Waals surface area contributed by atoms with E-state index in [9.17, 15) is 19.7 Å². The van der Waals surface area contributed by atoms with E-state index < -0.39 is 4.92 Å². The highest BCUT2D eigenvalue weighted by molar-refractivity contribution is 5.78. The van der Waals surface area contributed by atoms with Gasteiger partial charge in [0.2, 0.25) is 5.91 Å². The Hall–Kier alpha value is -3.62. The fraction of sp³-hybridized carbons (Fsp3) is 0.364. The lowest BCUT2D eigenvalue weighted by molar-refractivity contribution is -0.384. The van der Waals surface area contributed by atoms with Crippen LogP contribution in [0, 0.1) is 10.1 Å². The van der Waals surface area contributed by atoms with Crippen molar-refractivity contribution in [3.05, 3.63) is 69.1 Å². The topological polar surface area (TPSA) is 93.6 Å². The number of nitrogens with zero attached hydrogens (tertiary/aromatic N) is 5. The summed E-state index contributed by atoms with van der Waals surface area (Å²) >= 11 is 0. The first kappa shape index (κ1) is 20.6. The number of aromatic nitrogens is 2. The van der Waals surface area contributed by atoms with Crippen LogP contribution >= 0.6 is 0 Å². The van der Waals surface area contributed by atoms with E-state index in [0.717, 1.165) is 16.7 Å². The van der Waals surface area contributed by atoms with Crippen molar-refractivity contribution in [2.75, 3.05) is 31.1 Å². The highest BCUT2D eigenvalue weighted by Crippen LogP contribution is 2.21. The molecule has 3 aromatic rings. The van der Waals surface area contributed by atoms with E-state index in [4.69, 9.17) is 0 Å². The van der Waals surface area contributed by atoms with E-state index in [0.29, 0.717) is 39.3 Å². The number of para-hydroxylation sites is 2. The predicted molar refractivity (Wildman–Crippen MR) is 118 cm³/mol. The van der Waals surface area contributed by atoms with Crippen molar-refractivity contribution in [2.45, 2.75) is 26.4 Å². The van der Waals surface area contributed by atoms with Gasteiger partial charge in [-0.2, -0.15) is 0 Å². The summed E-state index contributed by atoms with van der Waals surface area (Å²) in [5.41, 5.74) is 2.64. The van der Waals surface area contributed by atoms with Gasteiger partial charge in [0.15, 0.2) is 0 Å². The smallest absolute Gasteiger partial charge is 0.329 e. The Bertz CT molecular complexity index is 1160. The molecule has 1 fully saturated rings. The molecule has 0 unspecified atom stereocenters. The van der Waals surface area contributed by atoms with Crippen molar-refractivity contribution in [1.82, 2.24) is 14.0 Å². The monoisotopic (exact) mass is 423 g/mol. The zero-order chi connectivity index (χ0) is 22.0. The Morgan fingerprint density at radius 1 is 0.968 bits per heavy atom. The largest absolute Gasteiger partial charge is 0.368 e. The molecule has 0 bridgehead atoms. The van der Waals surface area contributed by atoms with Gasteiger partial charge >= 0.3 is 5.69 Å². The van der Waals surface area contributed by atoms with Crippen LogP contribution < -0.4 is 10.6 Å². The molecule has 0 aliphatic carbocycles. The molecule has 0 spiro atoms. The van der Waals surface area contributed by atoms with Crippen LogP contribution in [0.1, 0.15) is 13.3 Å². The zero-order valence-electron chi connectivity index (χ0n) is 17.4. The lowest BCUT2D eigenvalue weighted by atomic mass is 10.2. The van der Waals surface area contributed by atoms with E-state index in [-0.39, 0.29) is 23.7 Å². The van der Waals surface area contributed by atoms with Crippen LogP contribution in [-0.4, -0.2) is 51.0 Å². The summed E-state index contributed by atoms with van der Waals surface area (Å²) in [5, 5.41) is 10.8. The number of fused-ring (bicyclic) bond motifs is 1. The summed E-state index contributed by atoms with van der Waals surface area (Å²) in [6, 6.07) is 14.1. The van der Waals surface area contributed by atoms with Gasteiger partial charge in [-0.05, 0) is 31.2 Å². The molecule has 4 rings (SSSR count). The average Bonchev–Trinajstić information content (AvgIpc) is 3.08. The first-order valence-electron chi connectivity index (χ1n) is 10.4. The van der Waals surface area contributed by atoms with Gasteiger partial charge in [0.1, 0.15) is 0 Å². The molecule has 162 valence electrons. The van der Waals surface area contributed by atoms with Crippen LogP contribution in [0.25, 0.3) is 11.0 Å². The number of aryl methyl sites for hydroxylation is 2. The normalized spacial score (nSPS) is 14.2. The summed E-state index contributed by atoms with van der Waals surface area (Å²) < 4.78 is 3.41. The van der Waals surface area contributed by atoms with Crippen LogP contribution in [-0.2, 0) is 17.9 Å². The Kier molecular flexibility index (Phi) is 5.75. The van der Waals surface area contributed by atoms with E-state index in [1.54, 1.807) is 21.3 Å². The first-order valence-corrected chi connectivity index (χ1v) is 10.4. The molecule has 0 atom stereocenters. The lowest BCUT2D eigenvalue weighted by Crippen LogP contribution is -2.49. The Morgan fingerprint density at radius 3 is 2.16 bits per heavy atom. The molecule has 1 amide bonds. The molecule has 9 heteroatoms. The number of benzene rings is 2. The van der Waals surface area contributed by atoms with Gasteiger partial charge in [-0.25, -0.2) is 4.79 Å². The lowest BCUT2D eigenvalue weighted by Gasteiger charge is -2.36. The number of rotatable bonds is 6. The van der Waals surface area contributed by atoms with Crippen LogP contribution in [0.2, 0.25) is 0 Å². The van der Waals surface area contributed by atoms with Gasteiger partial charge in [-0.15, -0.1) is 0 Å². The standard InChI is InChI=1S/C22H25N5O4/c1-2-25-19-5-3-4-6-20(19)26(22(25)29)12-11-21(28)24-15-13-23(14-16-24)17-7-9-18(10-8-17)27(30)31/h3-10H,2,11-16H2,1H3. The van der Waals surface area contributed by atoms with E-state index in [2.05, 4.69) is 4.90 Å². The van der Waals surface area contributed by atoms with Gasteiger partial charge in [0.05, 0.1) is 16.0 Å². The Morgan fingerprint density at radius 2 is 1.58 bits per heavy atom. The van der Waals surface area contributed by atoms with Gasteiger partial charge in [0, 0.05) is 63.5 Å². The SMILES string of the molecule is CCn1c(=O)n(CCC(=O)N2CCN(c3ccc([N+](=O)[O-])cc3)CC2)c2ccccc21. The zero-order valence-corrected chi connectivity index (χ0v) is 17.4. The first-order chi connectivity index (χ1) is 15.0. The minimum absolute atomic E-state index is 0.0311. The molecular weight excluding hydrogens is 398 g/mol. The fourth-order valence-electron chi connectivity index (χ4n) is 4.16. The third-order valence-corrected chi connectivity index (χ3v) is 5.85. The quantitative estimate of drug-likeness (QED) is 0.449. The highest BCUT2D eigenvalue weighted by atomic mass is 16.6. The molecule has 9 nitrogen and oxygen atoms in total. The second-order valence-electron chi connectivity index (χ2n) is 7.56. The number of carbonyl (C=O) groups is 1. The third kappa shape index (κ3) is 4.03. The van der Waals surface area contributed by atoms with Crippen LogP contribution in [0.4, 0.5) is 11.4 Å². The van der Waals surface area contributed by atoms with Crippen molar-refractivity contribution in [2.24, 2.45) is 0 Å². The number of nitro groups is 1. The molecule has 1 aliphatic rings. The van der Waals surface area contributed by atoms with Gasteiger partial charge in [0.25, 0.3) is 5.69 Å². The number of carbonyl (C=O) groups excluding carboxylic acids is 1. The molecular formula is C22H25N5O4. The maximum atomic E-state index is 12.8. The summed E-state index contributed by atoms with van der Waals surface area (Å²) in [5.74, 6) is 0.0311. The minimum Gasteiger partial charge on any atom is -0.368 e. The second-order valence-corrected chi connectivity index (χ2v) is 7.56. The van der Waals surface area contributed by atoms with Gasteiger partial charge in [-0.3, -0.25) is 24.0 Å². The van der Waals surface area contributed by atoms with E-state index in [1.165, 1.54) is 12.1 Å². The molecule has 0 saturated carbocycles. The van der Waals surface area contributed by atoms with Crippen LogP contribution in [0.15, 0.2) is 53.3 Å². The van der Waals surface area contributed by atoms with Crippen molar-refractivity contribution in [3.8, 4) is 0 Å². The number of anilines is 1. The number of nitro benzene ring substituents is 1. The average molecular weight is 423 g/mol. The molecule has 1 saturated heterocycles. The third-order valence-electron chi connectivity index (χ3n) is 5.85. The molecule has 0 radical (unpaired) electrons. The van der Waals surface area contributed by atoms with Crippen molar-refractivity contribution in [1.29, 1.82) is 0 Å². The minimum atomic E-state index is -0.413. The van der Waals surface area contributed by atoms with Gasteiger partial charge < -0.3 is 9.80 Å². The number of piperazine rings is 1. The number of imidazole rings is 1. The molecule has 0 N–H and O–H groups in total. The van der Waals surface area contributed by atoms with Crippen LogP contribution in [0.3, 0.4) is 0 Å². The molecule has 2 aromatic carbocycles. The fourth-order valence-corrected chi connectivity index (χ4v) is 4.16. The van der Waals surface area contributed by atoms with Crippen molar-refractivity contribution in [3.63, 3.8) is 0 Å². The number of hydrogen-bond donors (Lipinski definition) is 0. The molecule has 1 aromatic heterocycles. The summed E-state index contributed by atoms with van der Waals surface area (Å²) in [6.07, 6.45) is 0.273. The van der Waals surface area contributed by atoms with E-state index in [1.807, 2.05) is 36.1 Å². The molecule has 2 heterocycles. The Labute approximate surface area is 179 Å². The second kappa shape index (κ2) is 8.63. The number of amides is 1. The summed E-state index contributed by atoms with van der Waals surface area (Å²) in [4.78, 5) is 39.8. The molecule has 1 aliphatic heterocycles. The van der Waals surface area contributed by atoms with Crippen molar-refractivity contribution >= 4 is 28.3 Å². The highest BCUT2D eigenvalue weighted by Gasteiger charge is 2.22. The summed E-state index contributed by atoms with van der Waals surface area (Å²) in [7, 11) is 0. The number of non-ortho nitro benzene ring substituents is 1. The van der Waals surface area contributed by atoms with E-state index >= 15 is 0 Å². The Balaban J connectivity index is 1.37. The summed E-state index contributed by atoms with van der Waals surface area (Å²) in [6.45, 7) is 5.38. The van der Waals surface area contributed by atoms with Crippen molar-refractivity contribution < 1.29 is 9.72 Å². The number of hydrogen-bond acceptors (Lipinski definition) is 5. The predicted octanol–water partition coefficient (Wildman–Crippen LogP) is 2.47. The van der Waals surface area contributed by atoms with Gasteiger partial charge in [-0.1, -0.05) is 12.1 Å². The molecule has 31 heavy (non-hydrogen) atoms. The van der Waals surface area contributed by atoms with Crippen LogP contribution in [0.5, 0.6) is 0 Å². The maximum Gasteiger partial charge on any atom is 0.329 e.